The van der Waals surface area contributed by atoms with E-state index in [4.69, 9.17) is 0 Å². The number of sulfone groups is 1. The van der Waals surface area contributed by atoms with Gasteiger partial charge in [-0.2, -0.15) is 47.0 Å². The number of rotatable bonds is 0. The van der Waals surface area contributed by atoms with Crippen molar-refractivity contribution in [1.29, 1.82) is 0 Å². The van der Waals surface area contributed by atoms with Crippen LogP contribution >= 0.6 is 47.0 Å². The molecule has 0 unspecified atom stereocenters. The Balaban J connectivity index is 0.000000346. The largest absolute Gasteiger partial charge is 0.317 e. The van der Waals surface area contributed by atoms with Crippen LogP contribution in [0.2, 0.25) is 0 Å². The molecule has 0 amide bonds. The lowest BCUT2D eigenvalue weighted by Crippen LogP contribution is -2.55. The molecule has 24 rings (SSSR count). The van der Waals surface area contributed by atoms with Crippen molar-refractivity contribution in [2.45, 2.75) is 405 Å². The van der Waals surface area contributed by atoms with E-state index in [0.29, 0.717) is 0 Å². The van der Waals surface area contributed by atoms with Crippen molar-refractivity contribution in [3.05, 3.63) is 0 Å². The van der Waals surface area contributed by atoms with Crippen LogP contribution in [-0.2, 0) is 9.84 Å². The van der Waals surface area contributed by atoms with E-state index < -0.39 is 9.84 Å². The van der Waals surface area contributed by atoms with Gasteiger partial charge in [0.15, 0.2) is 9.84 Å². The van der Waals surface area contributed by atoms with Crippen LogP contribution in [0.15, 0.2) is 0 Å². The normalized spacial score (nSPS) is 38.5. The average Bonchev–Trinajstić information content (AvgIpc) is 0.789. The number of piperidine rings is 5. The van der Waals surface area contributed by atoms with Crippen molar-refractivity contribution < 1.29 is 8.42 Å². The SMILES string of the molecule is C1C2CC3CC1CC(C2)N3.C1C2CC3CC1CC(C2)N3.C1C2CC3CC1CC(C2)S3.C1C2CC3CC1CC(C2)S3.C1CCNC1.C1CCNCC1.C1CCSC1.C1CCSCC1.CC.CC.CC.CC.CC.CC.CC.CC.CC.O=S1(=O)C2CC3CC(C2)CC1C3. The van der Waals surface area contributed by atoms with Crippen LogP contribution in [-0.4, -0.2) is 113 Å². The molecule has 0 aromatic rings. The van der Waals surface area contributed by atoms with Gasteiger partial charge in [-0.25, -0.2) is 8.42 Å². The standard InChI is InChI=1S/2C9H15N.C9H14O2S.2C9H14S.C5H11N.C5H10S.C4H9N.C4H8S.9C2H6/c2*1-6-2-8-4-7(1)5-9(3-6)10-8;10-12(11)8-2-6-1-7(4-8)5-9(12)3-6;2*1-6-2-8-4-7(1)5-9(3-6)10-8;2*1-2-4-6-5-3-1;2*1-2-4-5-3-1;9*1-2/h2*6-10H,1-5H2;6-9H,1-5H2;2*6-9H,1-5H2;6H,1-5H2;1-5H2;5H,1-4H2;1-4H2;9*1-2H3. The molecule has 0 aromatic heterocycles. The summed E-state index contributed by atoms with van der Waals surface area (Å²) in [6.45, 7) is 41.0. The second kappa shape index (κ2) is 54.9. The lowest BCUT2D eigenvalue weighted by Gasteiger charge is -2.50. The first kappa shape index (κ1) is 89.3. The fraction of sp³-hybridized carbons (Fsp3) is 1.00. The third kappa shape index (κ3) is 32.5. The molecule has 4 N–H and O–H groups in total. The van der Waals surface area contributed by atoms with E-state index in [1.54, 1.807) is 77.0 Å². The predicted octanol–water partition coefficient (Wildman–Crippen LogP) is 23.6. The van der Waals surface area contributed by atoms with Gasteiger partial charge in [-0.3, -0.25) is 0 Å². The minimum Gasteiger partial charge on any atom is -0.317 e. The van der Waals surface area contributed by atoms with E-state index in [-0.39, 0.29) is 10.5 Å². The van der Waals surface area contributed by atoms with Crippen molar-refractivity contribution in [2.75, 3.05) is 49.2 Å². The van der Waals surface area contributed by atoms with Crippen LogP contribution in [0.3, 0.4) is 0 Å². The first-order chi connectivity index (χ1) is 45.3. The highest BCUT2D eigenvalue weighted by molar-refractivity contribution is 8.01. The summed E-state index contributed by atoms with van der Waals surface area (Å²) in [6, 6.07) is 3.71. The maximum atomic E-state index is 11.8. The van der Waals surface area contributed by atoms with E-state index in [2.05, 4.69) is 68.3 Å². The average molecular weight is 1390 g/mol. The van der Waals surface area contributed by atoms with Gasteiger partial charge in [0.1, 0.15) is 0 Å². The topological polar surface area (TPSA) is 82.3 Å². The van der Waals surface area contributed by atoms with Gasteiger partial charge in [0, 0.05) is 45.2 Å². The Labute approximate surface area is 595 Å². The van der Waals surface area contributed by atoms with Crippen molar-refractivity contribution in [2.24, 2.45) is 59.2 Å². The molecule has 92 heavy (non-hydrogen) atoms. The Morgan fingerprint density at radius 3 is 0.598 bits per heavy atom. The van der Waals surface area contributed by atoms with Crippen LogP contribution < -0.4 is 21.3 Å². The molecule has 14 saturated heterocycles. The third-order valence-electron chi connectivity index (χ3n) is 22.1. The molecule has 20 bridgehead atoms. The van der Waals surface area contributed by atoms with Crippen molar-refractivity contribution in [3.8, 4) is 0 Å². The van der Waals surface area contributed by atoms with E-state index >= 15 is 0 Å². The second-order valence-corrected chi connectivity index (χ2v) is 36.7. The van der Waals surface area contributed by atoms with Crippen molar-refractivity contribution in [3.63, 3.8) is 0 Å². The lowest BCUT2D eigenvalue weighted by atomic mass is 9.65. The van der Waals surface area contributed by atoms with Crippen molar-refractivity contribution in [1.82, 2.24) is 21.3 Å². The summed E-state index contributed by atoms with van der Waals surface area (Å²) in [5.74, 6) is 16.3. The highest BCUT2D eigenvalue weighted by Gasteiger charge is 2.52. The smallest absolute Gasteiger partial charge is 0.156 e. The zero-order chi connectivity index (χ0) is 68.1. The zero-order valence-electron chi connectivity index (χ0n) is 64.8. The summed E-state index contributed by atoms with van der Waals surface area (Å²) >= 11 is 8.78. The van der Waals surface area contributed by atoms with Gasteiger partial charge < -0.3 is 21.3 Å². The molecular weight excluding hydrogens is 1220 g/mol. The summed E-state index contributed by atoms with van der Waals surface area (Å²) in [7, 11) is -2.67. The van der Waals surface area contributed by atoms with E-state index in [1.807, 2.05) is 125 Å². The number of thioether (sulfide) groups is 4. The molecule has 0 spiro atoms. The molecule has 6 nitrogen and oxygen atoms in total. The summed E-state index contributed by atoms with van der Waals surface area (Å²) in [5, 5.41) is 18.4. The third-order valence-corrected chi connectivity index (χ3v) is 30.2. The van der Waals surface area contributed by atoms with E-state index in [0.717, 1.165) is 130 Å². The molecule has 10 aliphatic carbocycles. The zero-order valence-corrected chi connectivity index (χ0v) is 68.9. The van der Waals surface area contributed by atoms with Crippen LogP contribution in [0.1, 0.15) is 349 Å². The maximum Gasteiger partial charge on any atom is 0.156 e. The predicted molar refractivity (Wildman–Crippen MR) is 427 cm³/mol. The Hall–Kier alpha value is 1.19. The fourth-order valence-corrected chi connectivity index (χ4v) is 28.4. The van der Waals surface area contributed by atoms with Crippen LogP contribution in [0.5, 0.6) is 0 Å². The molecule has 0 atom stereocenters. The van der Waals surface area contributed by atoms with E-state index in [1.165, 1.54) is 171 Å². The van der Waals surface area contributed by atoms with Crippen LogP contribution in [0.25, 0.3) is 0 Å². The molecular formula is C81H164N4O2S5. The second-order valence-electron chi connectivity index (χ2n) is 28.5. The summed E-state index contributed by atoms with van der Waals surface area (Å²) < 4.78 is 23.5. The molecule has 14 heterocycles. The Morgan fingerprint density at radius 2 is 0.435 bits per heavy atom. The summed E-state index contributed by atoms with van der Waals surface area (Å²) in [5.41, 5.74) is 0. The quantitative estimate of drug-likeness (QED) is 0.188. The van der Waals surface area contributed by atoms with Gasteiger partial charge in [0.2, 0.25) is 0 Å². The highest BCUT2D eigenvalue weighted by atomic mass is 32.2. The van der Waals surface area contributed by atoms with Gasteiger partial charge >= 0.3 is 0 Å². The number of hydrogen-bond acceptors (Lipinski definition) is 10. The van der Waals surface area contributed by atoms with E-state index in [9.17, 15) is 8.42 Å². The summed E-state index contributed by atoms with van der Waals surface area (Å²) in [6.07, 6.45) is 50.4. The van der Waals surface area contributed by atoms with Gasteiger partial charge in [-0.1, -0.05) is 137 Å². The lowest BCUT2D eigenvalue weighted by molar-refractivity contribution is 0.0603. The Morgan fingerprint density at radius 1 is 0.239 bits per heavy atom. The first-order valence-corrected chi connectivity index (χ1v) is 47.7. The Bertz CT molecular complexity index is 1310. The van der Waals surface area contributed by atoms with Crippen LogP contribution in [0.4, 0.5) is 0 Å². The van der Waals surface area contributed by atoms with Crippen molar-refractivity contribution >= 4 is 56.9 Å². The number of hydrogen-bond donors (Lipinski definition) is 4. The molecule has 24 fully saturated rings. The monoisotopic (exact) mass is 1390 g/mol. The molecule has 550 valence electrons. The van der Waals surface area contributed by atoms with Crippen LogP contribution in [0, 0.1) is 59.2 Å². The summed E-state index contributed by atoms with van der Waals surface area (Å²) in [4.78, 5) is 0. The number of nitrogens with one attached hydrogen (secondary N) is 4. The molecule has 24 aliphatic rings. The maximum absolute atomic E-state index is 11.8. The van der Waals surface area contributed by atoms with Gasteiger partial charge in [0.25, 0.3) is 0 Å². The minimum absolute atomic E-state index is 0.0637. The minimum atomic E-state index is -2.67. The highest BCUT2D eigenvalue weighted by Crippen LogP contribution is 2.56. The Kier molecular flexibility index (Phi) is 53.3. The van der Waals surface area contributed by atoms with Gasteiger partial charge in [-0.05, 0) is 320 Å². The fourth-order valence-electron chi connectivity index (χ4n) is 19.5. The molecule has 11 heteroatoms. The van der Waals surface area contributed by atoms with Gasteiger partial charge in [0.05, 0.1) is 10.5 Å². The van der Waals surface area contributed by atoms with Gasteiger partial charge in [-0.15, -0.1) is 0 Å². The molecule has 0 aromatic carbocycles. The molecule has 10 saturated carbocycles. The first-order valence-electron chi connectivity index (χ1n) is 41.9. The molecule has 0 radical (unpaired) electrons. The molecule has 14 aliphatic heterocycles.